The van der Waals surface area contributed by atoms with Crippen LogP contribution in [0.15, 0.2) is 30.3 Å². The largest absolute Gasteiger partial charge is 0.478 e. The molecule has 0 aromatic heterocycles. The SMILES string of the molecule is CC(c1ccc(C=CC(=O)O)cc1)N1C(=O)COCC1=O. The number of carbonyl (C=O) groups is 3. The normalized spacial score (nSPS) is 17.3. The fraction of sp³-hybridized carbons (Fsp3) is 0.267. The molecular weight excluding hydrogens is 274 g/mol. The Kier molecular flexibility index (Phi) is 4.49. The molecule has 1 fully saturated rings. The molecule has 6 nitrogen and oxygen atoms in total. The van der Waals surface area contributed by atoms with Crippen LogP contribution in [0.1, 0.15) is 24.1 Å². The number of hydrogen-bond donors (Lipinski definition) is 1. The van der Waals surface area contributed by atoms with Crippen molar-refractivity contribution in [2.24, 2.45) is 0 Å². The molecule has 1 unspecified atom stereocenters. The van der Waals surface area contributed by atoms with Crippen molar-refractivity contribution in [3.05, 3.63) is 41.5 Å². The van der Waals surface area contributed by atoms with Crippen LogP contribution in [0.25, 0.3) is 6.08 Å². The summed E-state index contributed by atoms with van der Waals surface area (Å²) in [5.74, 6) is -1.72. The van der Waals surface area contributed by atoms with Crippen LogP contribution >= 0.6 is 0 Å². The summed E-state index contributed by atoms with van der Waals surface area (Å²) in [4.78, 5) is 35.2. The first-order chi connectivity index (χ1) is 9.99. The van der Waals surface area contributed by atoms with Gasteiger partial charge < -0.3 is 9.84 Å². The lowest BCUT2D eigenvalue weighted by molar-refractivity contribution is -0.161. The molecular formula is C15H15NO5. The highest BCUT2D eigenvalue weighted by molar-refractivity contribution is 5.98. The summed E-state index contributed by atoms with van der Waals surface area (Å²) in [5.41, 5.74) is 1.53. The third kappa shape index (κ3) is 3.55. The number of rotatable bonds is 4. The van der Waals surface area contributed by atoms with E-state index >= 15 is 0 Å². The van der Waals surface area contributed by atoms with Gasteiger partial charge in [-0.2, -0.15) is 0 Å². The molecule has 21 heavy (non-hydrogen) atoms. The van der Waals surface area contributed by atoms with Crippen molar-refractivity contribution in [1.29, 1.82) is 0 Å². The minimum absolute atomic E-state index is 0.0878. The molecule has 0 spiro atoms. The topological polar surface area (TPSA) is 83.9 Å². The van der Waals surface area contributed by atoms with E-state index in [2.05, 4.69) is 0 Å². The molecule has 0 radical (unpaired) electrons. The van der Waals surface area contributed by atoms with Crippen molar-refractivity contribution in [2.45, 2.75) is 13.0 Å². The van der Waals surface area contributed by atoms with Gasteiger partial charge in [0, 0.05) is 6.08 Å². The van der Waals surface area contributed by atoms with E-state index < -0.39 is 5.97 Å². The van der Waals surface area contributed by atoms with Gasteiger partial charge in [-0.25, -0.2) is 4.79 Å². The maximum Gasteiger partial charge on any atom is 0.328 e. The number of ether oxygens (including phenoxy) is 1. The van der Waals surface area contributed by atoms with E-state index in [9.17, 15) is 14.4 Å². The highest BCUT2D eigenvalue weighted by atomic mass is 16.5. The lowest BCUT2D eigenvalue weighted by atomic mass is 10.0. The molecule has 0 saturated carbocycles. The Morgan fingerprint density at radius 2 is 1.81 bits per heavy atom. The van der Waals surface area contributed by atoms with Crippen LogP contribution in [-0.2, 0) is 19.1 Å². The second-order valence-corrected chi connectivity index (χ2v) is 4.66. The van der Waals surface area contributed by atoms with Crippen LogP contribution < -0.4 is 0 Å². The highest BCUT2D eigenvalue weighted by Crippen LogP contribution is 2.23. The van der Waals surface area contributed by atoms with Gasteiger partial charge in [-0.15, -0.1) is 0 Å². The molecule has 1 N–H and O–H groups in total. The quantitative estimate of drug-likeness (QED) is 0.665. The van der Waals surface area contributed by atoms with Crippen LogP contribution in [0.2, 0.25) is 0 Å². The molecule has 1 aromatic carbocycles. The number of carboxylic acids is 1. The Labute approximate surface area is 121 Å². The van der Waals surface area contributed by atoms with Gasteiger partial charge >= 0.3 is 5.97 Å². The number of amides is 2. The monoisotopic (exact) mass is 289 g/mol. The number of hydrogen-bond acceptors (Lipinski definition) is 4. The van der Waals surface area contributed by atoms with Crippen LogP contribution in [0, 0.1) is 0 Å². The molecule has 110 valence electrons. The fourth-order valence-electron chi connectivity index (χ4n) is 2.14. The number of morpholine rings is 1. The zero-order chi connectivity index (χ0) is 15.4. The first-order valence-electron chi connectivity index (χ1n) is 6.42. The van der Waals surface area contributed by atoms with E-state index in [1.165, 1.54) is 11.0 Å². The summed E-state index contributed by atoms with van der Waals surface area (Å²) >= 11 is 0. The molecule has 1 aromatic rings. The van der Waals surface area contributed by atoms with E-state index in [0.717, 1.165) is 17.2 Å². The lowest BCUT2D eigenvalue weighted by Gasteiger charge is -2.30. The van der Waals surface area contributed by atoms with Crippen molar-refractivity contribution < 1.29 is 24.2 Å². The summed E-state index contributed by atoms with van der Waals surface area (Å²) < 4.78 is 4.88. The summed E-state index contributed by atoms with van der Waals surface area (Å²) in [7, 11) is 0. The number of nitrogens with zero attached hydrogens (tertiary/aromatic N) is 1. The Balaban J connectivity index is 2.15. The second-order valence-electron chi connectivity index (χ2n) is 4.66. The average Bonchev–Trinajstić information content (AvgIpc) is 2.45. The maximum atomic E-state index is 11.8. The number of carbonyl (C=O) groups excluding carboxylic acids is 2. The van der Waals surface area contributed by atoms with Crippen LogP contribution in [0.4, 0.5) is 0 Å². The van der Waals surface area contributed by atoms with Crippen LogP contribution in [0.3, 0.4) is 0 Å². The third-order valence-electron chi connectivity index (χ3n) is 3.21. The van der Waals surface area contributed by atoms with Crippen molar-refractivity contribution >= 4 is 23.9 Å². The van der Waals surface area contributed by atoms with E-state index in [1.54, 1.807) is 31.2 Å². The molecule has 1 heterocycles. The molecule has 1 aliphatic heterocycles. The molecule has 0 aliphatic carbocycles. The molecule has 2 rings (SSSR count). The van der Waals surface area contributed by atoms with E-state index in [-0.39, 0.29) is 31.1 Å². The predicted molar refractivity (Wildman–Crippen MR) is 74.2 cm³/mol. The van der Waals surface area contributed by atoms with E-state index in [0.29, 0.717) is 0 Å². The van der Waals surface area contributed by atoms with Crippen molar-refractivity contribution in [3.63, 3.8) is 0 Å². The van der Waals surface area contributed by atoms with Crippen LogP contribution in [-0.4, -0.2) is 41.0 Å². The van der Waals surface area contributed by atoms with Gasteiger partial charge in [-0.3, -0.25) is 14.5 Å². The van der Waals surface area contributed by atoms with Gasteiger partial charge in [0.2, 0.25) is 0 Å². The molecule has 1 atom stereocenters. The molecule has 6 heteroatoms. The first-order valence-corrected chi connectivity index (χ1v) is 6.42. The maximum absolute atomic E-state index is 11.8. The van der Waals surface area contributed by atoms with Gasteiger partial charge in [-0.1, -0.05) is 24.3 Å². The number of imide groups is 1. The van der Waals surface area contributed by atoms with E-state index in [4.69, 9.17) is 9.84 Å². The predicted octanol–water partition coefficient (Wildman–Crippen LogP) is 1.23. The average molecular weight is 289 g/mol. The zero-order valence-corrected chi connectivity index (χ0v) is 11.5. The summed E-state index contributed by atoms with van der Waals surface area (Å²) in [6.45, 7) is 1.59. The van der Waals surface area contributed by atoms with E-state index in [1.807, 2.05) is 0 Å². The van der Waals surface area contributed by atoms with Gasteiger partial charge in [0.15, 0.2) is 0 Å². The smallest absolute Gasteiger partial charge is 0.328 e. The first kappa shape index (κ1) is 14.9. The Morgan fingerprint density at radius 3 is 2.33 bits per heavy atom. The highest BCUT2D eigenvalue weighted by Gasteiger charge is 2.31. The summed E-state index contributed by atoms with van der Waals surface area (Å²) in [6, 6.07) is 6.62. The Morgan fingerprint density at radius 1 is 1.24 bits per heavy atom. The number of carboxylic acid groups (broad SMARTS) is 1. The van der Waals surface area contributed by atoms with Crippen molar-refractivity contribution in [3.8, 4) is 0 Å². The zero-order valence-electron chi connectivity index (χ0n) is 11.5. The number of benzene rings is 1. The third-order valence-corrected chi connectivity index (χ3v) is 3.21. The summed E-state index contributed by atoms with van der Waals surface area (Å²) in [6.07, 6.45) is 2.52. The van der Waals surface area contributed by atoms with Gasteiger partial charge in [0.1, 0.15) is 13.2 Å². The molecule has 0 bridgehead atoms. The minimum atomic E-state index is -1.02. The Bertz CT molecular complexity index is 575. The standard InChI is InChI=1S/C15H15NO5/c1-10(16-13(17)8-21-9-14(16)18)12-5-2-11(3-6-12)4-7-15(19)20/h2-7,10H,8-9H2,1H3,(H,19,20). The lowest BCUT2D eigenvalue weighted by Crippen LogP contribution is -2.47. The molecule has 1 saturated heterocycles. The molecule has 2 amide bonds. The van der Waals surface area contributed by atoms with Gasteiger partial charge in [-0.05, 0) is 24.1 Å². The molecule has 1 aliphatic rings. The fourth-order valence-corrected chi connectivity index (χ4v) is 2.14. The van der Waals surface area contributed by atoms with Gasteiger partial charge in [0.25, 0.3) is 11.8 Å². The minimum Gasteiger partial charge on any atom is -0.478 e. The Hall–Kier alpha value is -2.47. The second kappa shape index (κ2) is 6.32. The van der Waals surface area contributed by atoms with Crippen molar-refractivity contribution in [1.82, 2.24) is 4.90 Å². The van der Waals surface area contributed by atoms with Crippen molar-refractivity contribution in [2.75, 3.05) is 13.2 Å². The van der Waals surface area contributed by atoms with Crippen LogP contribution in [0.5, 0.6) is 0 Å². The van der Waals surface area contributed by atoms with Gasteiger partial charge in [0.05, 0.1) is 6.04 Å². The summed E-state index contributed by atoms with van der Waals surface area (Å²) in [5, 5.41) is 8.57. The number of aliphatic carboxylic acids is 1.